The molecule has 0 atom stereocenters. The number of amides is 1. The standard InChI is InChI=1S/C19H16F5NO3/c1-27-16-9-12(7-8-15(16)28-18(20)21)11-25-17(26)10-14(19(22,23)24)13-5-3-2-4-6-13/h2-10,18H,11H2,1H3,(H,25,26)/b14-10-. The van der Waals surface area contributed by atoms with Crippen LogP contribution >= 0.6 is 0 Å². The molecule has 0 aliphatic heterocycles. The van der Waals surface area contributed by atoms with Crippen molar-refractivity contribution in [3.63, 3.8) is 0 Å². The summed E-state index contributed by atoms with van der Waals surface area (Å²) < 4.78 is 73.5. The fourth-order valence-corrected chi connectivity index (χ4v) is 2.33. The van der Waals surface area contributed by atoms with Crippen LogP contribution in [0.15, 0.2) is 54.6 Å². The lowest BCUT2D eigenvalue weighted by Crippen LogP contribution is -2.23. The van der Waals surface area contributed by atoms with Gasteiger partial charge < -0.3 is 14.8 Å². The molecule has 0 aliphatic rings. The van der Waals surface area contributed by atoms with Gasteiger partial charge in [-0.3, -0.25) is 4.79 Å². The van der Waals surface area contributed by atoms with Crippen molar-refractivity contribution in [2.75, 3.05) is 7.11 Å². The molecule has 0 radical (unpaired) electrons. The van der Waals surface area contributed by atoms with Gasteiger partial charge in [0.2, 0.25) is 5.91 Å². The van der Waals surface area contributed by atoms with E-state index >= 15 is 0 Å². The fourth-order valence-electron chi connectivity index (χ4n) is 2.33. The number of allylic oxidation sites excluding steroid dienone is 1. The third-order valence-corrected chi connectivity index (χ3v) is 3.58. The van der Waals surface area contributed by atoms with Crippen molar-refractivity contribution in [3.05, 3.63) is 65.7 Å². The summed E-state index contributed by atoms with van der Waals surface area (Å²) in [5, 5.41) is 2.32. The van der Waals surface area contributed by atoms with Crippen molar-refractivity contribution in [2.45, 2.75) is 19.3 Å². The highest BCUT2D eigenvalue weighted by Gasteiger charge is 2.35. The molecular weight excluding hydrogens is 385 g/mol. The quantitative estimate of drug-likeness (QED) is 0.547. The molecule has 9 heteroatoms. The van der Waals surface area contributed by atoms with E-state index < -0.39 is 24.3 Å². The summed E-state index contributed by atoms with van der Waals surface area (Å²) in [7, 11) is 1.24. The van der Waals surface area contributed by atoms with Crippen molar-refractivity contribution in [1.82, 2.24) is 5.32 Å². The van der Waals surface area contributed by atoms with Gasteiger partial charge in [-0.15, -0.1) is 0 Å². The molecule has 4 nitrogen and oxygen atoms in total. The van der Waals surface area contributed by atoms with Crippen LogP contribution in [0.25, 0.3) is 5.57 Å². The first-order chi connectivity index (χ1) is 13.2. The van der Waals surface area contributed by atoms with Gasteiger partial charge in [0.25, 0.3) is 0 Å². The summed E-state index contributed by atoms with van der Waals surface area (Å²) >= 11 is 0. The second-order valence-electron chi connectivity index (χ2n) is 5.50. The van der Waals surface area contributed by atoms with Gasteiger partial charge >= 0.3 is 12.8 Å². The summed E-state index contributed by atoms with van der Waals surface area (Å²) in [6.45, 7) is -3.18. The Morgan fingerprint density at radius 1 is 1.11 bits per heavy atom. The van der Waals surface area contributed by atoms with Crippen LogP contribution in [0.3, 0.4) is 0 Å². The number of hydrogen-bond acceptors (Lipinski definition) is 3. The maximum atomic E-state index is 13.2. The van der Waals surface area contributed by atoms with E-state index in [0.717, 1.165) is 0 Å². The Morgan fingerprint density at radius 2 is 1.79 bits per heavy atom. The first-order valence-corrected chi connectivity index (χ1v) is 7.94. The lowest BCUT2D eigenvalue weighted by molar-refractivity contribution is -0.117. The SMILES string of the molecule is COc1cc(CNC(=O)/C=C(/c2ccccc2)C(F)(F)F)ccc1OC(F)F. The number of benzene rings is 2. The average molecular weight is 401 g/mol. The van der Waals surface area contributed by atoms with Crippen LogP contribution < -0.4 is 14.8 Å². The summed E-state index contributed by atoms with van der Waals surface area (Å²) in [5.41, 5.74) is -0.794. The Kier molecular flexibility index (Phi) is 6.97. The predicted molar refractivity (Wildman–Crippen MR) is 91.9 cm³/mol. The molecule has 0 aromatic heterocycles. The maximum absolute atomic E-state index is 13.2. The molecule has 0 unspecified atom stereocenters. The van der Waals surface area contributed by atoms with Crippen LogP contribution in [0.4, 0.5) is 22.0 Å². The summed E-state index contributed by atoms with van der Waals surface area (Å²) in [4.78, 5) is 12.0. The first kappa shape index (κ1) is 21.2. The zero-order chi connectivity index (χ0) is 20.7. The van der Waals surface area contributed by atoms with Gasteiger partial charge in [-0.1, -0.05) is 36.4 Å². The topological polar surface area (TPSA) is 47.6 Å². The second kappa shape index (κ2) is 9.20. The third-order valence-electron chi connectivity index (χ3n) is 3.58. The van der Waals surface area contributed by atoms with E-state index in [-0.39, 0.29) is 23.6 Å². The number of carbonyl (C=O) groups excluding carboxylic acids is 1. The number of hydrogen-bond donors (Lipinski definition) is 1. The van der Waals surface area contributed by atoms with Gasteiger partial charge in [-0.05, 0) is 23.3 Å². The first-order valence-electron chi connectivity index (χ1n) is 7.94. The molecule has 0 aliphatic carbocycles. The van der Waals surface area contributed by atoms with Crippen molar-refractivity contribution in [3.8, 4) is 11.5 Å². The maximum Gasteiger partial charge on any atom is 0.417 e. The lowest BCUT2D eigenvalue weighted by atomic mass is 10.1. The van der Waals surface area contributed by atoms with Crippen molar-refractivity contribution in [1.29, 1.82) is 0 Å². The Morgan fingerprint density at radius 3 is 2.36 bits per heavy atom. The minimum atomic E-state index is -4.71. The van der Waals surface area contributed by atoms with Crippen LogP contribution in [0.5, 0.6) is 11.5 Å². The smallest absolute Gasteiger partial charge is 0.417 e. The summed E-state index contributed by atoms with van der Waals surface area (Å²) in [5.74, 6) is -1.15. The Hall–Kier alpha value is -3.10. The zero-order valence-corrected chi connectivity index (χ0v) is 14.6. The molecule has 1 amide bonds. The molecule has 2 aromatic carbocycles. The highest BCUT2D eigenvalue weighted by atomic mass is 19.4. The minimum Gasteiger partial charge on any atom is -0.493 e. The predicted octanol–water partition coefficient (Wildman–Crippen LogP) is 4.56. The molecule has 2 aromatic rings. The van der Waals surface area contributed by atoms with Gasteiger partial charge in [0, 0.05) is 12.6 Å². The number of methoxy groups -OCH3 is 1. The molecule has 28 heavy (non-hydrogen) atoms. The lowest BCUT2D eigenvalue weighted by Gasteiger charge is -2.13. The highest BCUT2D eigenvalue weighted by Crippen LogP contribution is 2.33. The van der Waals surface area contributed by atoms with Crippen LogP contribution in [-0.4, -0.2) is 25.8 Å². The number of alkyl halides is 5. The number of halogens is 5. The molecule has 0 spiro atoms. The third kappa shape index (κ3) is 5.97. The summed E-state index contributed by atoms with van der Waals surface area (Å²) in [6, 6.07) is 10.9. The molecular formula is C19H16F5NO3. The van der Waals surface area contributed by atoms with E-state index in [4.69, 9.17) is 4.74 Å². The van der Waals surface area contributed by atoms with Gasteiger partial charge in [0.1, 0.15) is 0 Å². The second-order valence-corrected chi connectivity index (χ2v) is 5.50. The van der Waals surface area contributed by atoms with E-state index in [1.54, 1.807) is 6.07 Å². The zero-order valence-electron chi connectivity index (χ0n) is 14.6. The van der Waals surface area contributed by atoms with Crippen LogP contribution in [-0.2, 0) is 11.3 Å². The van der Waals surface area contributed by atoms with Gasteiger partial charge in [0.15, 0.2) is 11.5 Å². The Bertz CT molecular complexity index is 835. The van der Waals surface area contributed by atoms with E-state index in [9.17, 15) is 26.7 Å². The number of carbonyl (C=O) groups is 1. The Balaban J connectivity index is 2.13. The molecule has 0 saturated heterocycles. The van der Waals surface area contributed by atoms with Gasteiger partial charge in [-0.25, -0.2) is 0 Å². The molecule has 0 saturated carbocycles. The number of ether oxygens (including phenoxy) is 2. The van der Waals surface area contributed by atoms with E-state index in [2.05, 4.69) is 10.1 Å². The van der Waals surface area contributed by atoms with E-state index in [0.29, 0.717) is 11.6 Å². The molecule has 0 fully saturated rings. The van der Waals surface area contributed by atoms with Crippen molar-refractivity contribution >= 4 is 11.5 Å². The molecule has 0 bridgehead atoms. The van der Waals surface area contributed by atoms with Crippen LogP contribution in [0, 0.1) is 0 Å². The molecule has 2 rings (SSSR count). The monoisotopic (exact) mass is 401 g/mol. The fraction of sp³-hybridized carbons (Fsp3) is 0.211. The average Bonchev–Trinajstić information content (AvgIpc) is 2.64. The highest BCUT2D eigenvalue weighted by molar-refractivity contribution is 5.96. The van der Waals surface area contributed by atoms with Crippen molar-refractivity contribution < 1.29 is 36.2 Å². The number of nitrogens with one attached hydrogen (secondary N) is 1. The normalized spacial score (nSPS) is 12.0. The van der Waals surface area contributed by atoms with E-state index in [1.165, 1.54) is 49.6 Å². The molecule has 0 heterocycles. The van der Waals surface area contributed by atoms with E-state index in [1.807, 2.05) is 0 Å². The molecule has 1 N–H and O–H groups in total. The van der Waals surface area contributed by atoms with Gasteiger partial charge in [-0.2, -0.15) is 22.0 Å². The van der Waals surface area contributed by atoms with Crippen molar-refractivity contribution in [2.24, 2.45) is 0 Å². The summed E-state index contributed by atoms with van der Waals surface area (Å²) in [6.07, 6.45) is -4.24. The number of rotatable bonds is 7. The van der Waals surface area contributed by atoms with Crippen LogP contribution in [0.2, 0.25) is 0 Å². The largest absolute Gasteiger partial charge is 0.493 e. The minimum absolute atomic E-state index is 0.00265. The Labute approximate surface area is 157 Å². The van der Waals surface area contributed by atoms with Crippen LogP contribution in [0.1, 0.15) is 11.1 Å². The van der Waals surface area contributed by atoms with Gasteiger partial charge in [0.05, 0.1) is 12.7 Å². The molecule has 150 valence electrons.